The molecule has 0 bridgehead atoms. The summed E-state index contributed by atoms with van der Waals surface area (Å²) >= 11 is 0. The van der Waals surface area contributed by atoms with Gasteiger partial charge in [-0.15, -0.1) is 0 Å². The smallest absolute Gasteiger partial charge is 0.307 e. The lowest BCUT2D eigenvalue weighted by atomic mass is 9.97. The van der Waals surface area contributed by atoms with Gasteiger partial charge >= 0.3 is 6.03 Å². The van der Waals surface area contributed by atoms with E-state index in [9.17, 15) is 9.59 Å². The minimum atomic E-state index is -0.398. The molecule has 0 radical (unpaired) electrons. The Bertz CT molecular complexity index is 661. The van der Waals surface area contributed by atoms with Gasteiger partial charge in [0, 0.05) is 11.8 Å². The fraction of sp³-hybridized carbons (Fsp3) is 0.267. The van der Waals surface area contributed by atoms with Gasteiger partial charge in [0.25, 0.3) is 5.56 Å². The highest BCUT2D eigenvalue weighted by Crippen LogP contribution is 2.26. The molecular weight excluding hydrogens is 268 g/mol. The van der Waals surface area contributed by atoms with Gasteiger partial charge in [-0.05, 0) is 30.0 Å². The lowest BCUT2D eigenvalue weighted by Crippen LogP contribution is -2.22. The van der Waals surface area contributed by atoms with Gasteiger partial charge in [0.05, 0.1) is 0 Å². The minimum absolute atomic E-state index is 0.285. The maximum Gasteiger partial charge on any atom is 0.324 e. The summed E-state index contributed by atoms with van der Waals surface area (Å²) in [7, 11) is 0. The summed E-state index contributed by atoms with van der Waals surface area (Å²) in [4.78, 5) is 22.9. The van der Waals surface area contributed by atoms with Crippen molar-refractivity contribution >= 4 is 17.5 Å². The maximum atomic E-state index is 12.0. The van der Waals surface area contributed by atoms with E-state index in [2.05, 4.69) is 34.7 Å². The van der Waals surface area contributed by atoms with Gasteiger partial charge in [-0.2, -0.15) is 5.10 Å². The lowest BCUT2D eigenvalue weighted by Gasteiger charge is -2.15. The minimum Gasteiger partial charge on any atom is -0.307 e. The number of urea groups is 1. The van der Waals surface area contributed by atoms with Crippen molar-refractivity contribution in [2.45, 2.75) is 26.2 Å². The van der Waals surface area contributed by atoms with Crippen molar-refractivity contribution < 1.29 is 4.79 Å². The Morgan fingerprint density at radius 3 is 2.67 bits per heavy atom. The first kappa shape index (κ1) is 14.8. The average molecular weight is 286 g/mol. The van der Waals surface area contributed by atoms with Crippen molar-refractivity contribution in [3.8, 4) is 0 Å². The van der Waals surface area contributed by atoms with E-state index in [1.165, 1.54) is 12.1 Å². The molecule has 2 amide bonds. The van der Waals surface area contributed by atoms with Crippen molar-refractivity contribution in [1.82, 2.24) is 10.2 Å². The Morgan fingerprint density at radius 2 is 2.00 bits per heavy atom. The number of aromatic nitrogens is 2. The van der Waals surface area contributed by atoms with Crippen molar-refractivity contribution in [1.29, 1.82) is 0 Å². The SMILES string of the molecule is CCC(C)c1ccccc1NC(=O)Nc1ccc(=O)[nH]n1. The normalized spacial score (nSPS) is 11.7. The fourth-order valence-electron chi connectivity index (χ4n) is 1.94. The number of nitrogens with zero attached hydrogens (tertiary/aromatic N) is 1. The number of aromatic amines is 1. The number of nitrogens with one attached hydrogen (secondary N) is 3. The van der Waals surface area contributed by atoms with Crippen LogP contribution in [0.1, 0.15) is 31.7 Å². The molecule has 6 nitrogen and oxygen atoms in total. The second-order valence-electron chi connectivity index (χ2n) is 4.78. The van der Waals surface area contributed by atoms with Crippen LogP contribution in [0, 0.1) is 0 Å². The molecule has 1 heterocycles. The van der Waals surface area contributed by atoms with E-state index in [1.54, 1.807) is 0 Å². The topological polar surface area (TPSA) is 86.9 Å². The zero-order valence-electron chi connectivity index (χ0n) is 12.0. The van der Waals surface area contributed by atoms with E-state index in [4.69, 9.17) is 0 Å². The lowest BCUT2D eigenvalue weighted by molar-refractivity contribution is 0.262. The molecule has 110 valence electrons. The maximum absolute atomic E-state index is 12.0. The third-order valence-corrected chi connectivity index (χ3v) is 3.27. The zero-order chi connectivity index (χ0) is 15.2. The highest BCUT2D eigenvalue weighted by Gasteiger charge is 2.11. The number of para-hydroxylation sites is 1. The van der Waals surface area contributed by atoms with Crippen LogP contribution >= 0.6 is 0 Å². The predicted molar refractivity (Wildman–Crippen MR) is 82.6 cm³/mol. The van der Waals surface area contributed by atoms with E-state index < -0.39 is 6.03 Å². The van der Waals surface area contributed by atoms with Crippen LogP contribution in [0.25, 0.3) is 0 Å². The monoisotopic (exact) mass is 286 g/mol. The zero-order valence-corrected chi connectivity index (χ0v) is 12.0. The molecule has 1 aromatic carbocycles. The molecule has 2 aromatic rings. The van der Waals surface area contributed by atoms with Gasteiger partial charge in [0.2, 0.25) is 0 Å². The van der Waals surface area contributed by atoms with Gasteiger partial charge in [0.15, 0.2) is 5.82 Å². The number of anilines is 2. The summed E-state index contributed by atoms with van der Waals surface area (Å²) in [5, 5.41) is 11.4. The molecule has 1 unspecified atom stereocenters. The van der Waals surface area contributed by atoms with Crippen molar-refractivity contribution in [3.63, 3.8) is 0 Å². The molecule has 2 rings (SSSR count). The Labute approximate surface area is 122 Å². The first-order valence-electron chi connectivity index (χ1n) is 6.82. The third kappa shape index (κ3) is 3.92. The fourth-order valence-corrected chi connectivity index (χ4v) is 1.94. The van der Waals surface area contributed by atoms with Gasteiger partial charge in [-0.3, -0.25) is 10.1 Å². The van der Waals surface area contributed by atoms with Crippen LogP contribution in [-0.2, 0) is 0 Å². The van der Waals surface area contributed by atoms with Crippen molar-refractivity contribution in [3.05, 3.63) is 52.3 Å². The van der Waals surface area contributed by atoms with Crippen LogP contribution in [0.3, 0.4) is 0 Å². The molecule has 0 spiro atoms. The van der Waals surface area contributed by atoms with Crippen LogP contribution in [0.2, 0.25) is 0 Å². The average Bonchev–Trinajstić information content (AvgIpc) is 2.49. The second kappa shape index (κ2) is 6.69. The Kier molecular flexibility index (Phi) is 4.71. The molecule has 1 aromatic heterocycles. The molecule has 0 aliphatic heterocycles. The highest BCUT2D eigenvalue weighted by atomic mass is 16.2. The number of rotatable bonds is 4. The van der Waals surface area contributed by atoms with E-state index in [0.717, 1.165) is 17.7 Å². The molecule has 0 aliphatic rings. The van der Waals surface area contributed by atoms with E-state index >= 15 is 0 Å². The second-order valence-corrected chi connectivity index (χ2v) is 4.78. The number of hydrogen-bond acceptors (Lipinski definition) is 3. The molecule has 6 heteroatoms. The van der Waals surface area contributed by atoms with Crippen molar-refractivity contribution in [2.24, 2.45) is 0 Å². The van der Waals surface area contributed by atoms with Gasteiger partial charge in [0.1, 0.15) is 0 Å². The first-order chi connectivity index (χ1) is 10.1. The molecule has 0 fully saturated rings. The number of hydrogen-bond donors (Lipinski definition) is 3. The number of carbonyl (C=O) groups excluding carboxylic acids is 1. The van der Waals surface area contributed by atoms with E-state index in [-0.39, 0.29) is 11.4 Å². The predicted octanol–water partition coefficient (Wildman–Crippen LogP) is 2.93. The summed E-state index contributed by atoms with van der Waals surface area (Å²) in [5.74, 6) is 0.640. The Balaban J connectivity index is 2.09. The van der Waals surface area contributed by atoms with Crippen LogP contribution < -0.4 is 16.2 Å². The first-order valence-corrected chi connectivity index (χ1v) is 6.82. The molecule has 0 aliphatic carbocycles. The van der Waals surface area contributed by atoms with Crippen LogP contribution in [0.4, 0.5) is 16.3 Å². The largest absolute Gasteiger partial charge is 0.324 e. The summed E-state index contributed by atoms with van der Waals surface area (Å²) < 4.78 is 0. The molecular formula is C15H18N4O2. The Morgan fingerprint density at radius 1 is 1.24 bits per heavy atom. The van der Waals surface area contributed by atoms with E-state index in [0.29, 0.717) is 5.92 Å². The van der Waals surface area contributed by atoms with Gasteiger partial charge in [-0.1, -0.05) is 32.0 Å². The summed E-state index contributed by atoms with van der Waals surface area (Å²) in [6.07, 6.45) is 0.988. The Hall–Kier alpha value is -2.63. The summed E-state index contributed by atoms with van der Waals surface area (Å²) in [5.41, 5.74) is 1.54. The molecule has 3 N–H and O–H groups in total. The highest BCUT2D eigenvalue weighted by molar-refractivity contribution is 5.99. The molecule has 0 saturated carbocycles. The van der Waals surface area contributed by atoms with Gasteiger partial charge in [-0.25, -0.2) is 9.89 Å². The van der Waals surface area contributed by atoms with E-state index in [1.807, 2.05) is 24.3 Å². The number of H-pyrrole nitrogens is 1. The van der Waals surface area contributed by atoms with Crippen LogP contribution in [0.15, 0.2) is 41.2 Å². The summed E-state index contributed by atoms with van der Waals surface area (Å²) in [6.45, 7) is 4.22. The molecule has 21 heavy (non-hydrogen) atoms. The van der Waals surface area contributed by atoms with Crippen molar-refractivity contribution in [2.75, 3.05) is 10.6 Å². The third-order valence-electron chi connectivity index (χ3n) is 3.27. The number of amides is 2. The molecule has 0 saturated heterocycles. The molecule has 1 atom stereocenters. The quantitative estimate of drug-likeness (QED) is 0.807. The van der Waals surface area contributed by atoms with Crippen LogP contribution in [-0.4, -0.2) is 16.2 Å². The number of benzene rings is 1. The van der Waals surface area contributed by atoms with Crippen LogP contribution in [0.5, 0.6) is 0 Å². The summed E-state index contributed by atoms with van der Waals surface area (Å²) in [6, 6.07) is 10.0. The standard InChI is InChI=1S/C15H18N4O2/c1-3-10(2)11-6-4-5-7-12(11)16-15(21)17-13-8-9-14(20)19-18-13/h4-10H,3H2,1-2H3,(H,19,20)(H2,16,17,18,21). The van der Waals surface area contributed by atoms with Gasteiger partial charge < -0.3 is 5.32 Å². The number of carbonyl (C=O) groups is 1.